The van der Waals surface area contributed by atoms with Crippen LogP contribution in [-0.4, -0.2) is 61.4 Å². The van der Waals surface area contributed by atoms with Crippen LogP contribution in [0.1, 0.15) is 19.3 Å². The Morgan fingerprint density at radius 3 is 2.41 bits per heavy atom. The van der Waals surface area contributed by atoms with E-state index in [2.05, 4.69) is 5.32 Å². The number of carbonyl (C=O) groups excluding carboxylic acids is 2. The third kappa shape index (κ3) is 2.97. The van der Waals surface area contributed by atoms with E-state index in [1.165, 1.54) is 6.42 Å². The van der Waals surface area contributed by atoms with Gasteiger partial charge in [-0.1, -0.05) is 0 Å². The van der Waals surface area contributed by atoms with E-state index in [0.717, 1.165) is 39.0 Å². The molecule has 0 radical (unpaired) electrons. The van der Waals surface area contributed by atoms with Gasteiger partial charge in [0.2, 0.25) is 11.8 Å². The Labute approximate surface area is 102 Å². The van der Waals surface area contributed by atoms with Gasteiger partial charge in [-0.05, 0) is 19.3 Å². The molecule has 0 aliphatic carbocycles. The molecule has 2 aliphatic heterocycles. The van der Waals surface area contributed by atoms with Gasteiger partial charge in [-0.15, -0.1) is 0 Å². The quantitative estimate of drug-likeness (QED) is 0.734. The van der Waals surface area contributed by atoms with Crippen LogP contribution >= 0.6 is 0 Å². The summed E-state index contributed by atoms with van der Waals surface area (Å²) >= 11 is 0. The largest absolute Gasteiger partial charge is 0.341 e. The number of likely N-dealkylation sites (N-methyl/N-ethyl adjacent to an activating group) is 1. The molecular weight excluding hydrogens is 218 g/mol. The van der Waals surface area contributed by atoms with Crippen molar-refractivity contribution in [1.29, 1.82) is 0 Å². The topological polar surface area (TPSA) is 52.7 Å². The lowest BCUT2D eigenvalue weighted by molar-refractivity contribution is -0.143. The lowest BCUT2D eigenvalue weighted by atomic mass is 10.0. The van der Waals surface area contributed by atoms with Crippen LogP contribution in [0.15, 0.2) is 0 Å². The number of carbonyl (C=O) groups is 2. The van der Waals surface area contributed by atoms with E-state index >= 15 is 0 Å². The Hall–Kier alpha value is -1.10. The van der Waals surface area contributed by atoms with Gasteiger partial charge in [0, 0.05) is 33.2 Å². The van der Waals surface area contributed by atoms with Gasteiger partial charge in [0.15, 0.2) is 0 Å². The van der Waals surface area contributed by atoms with Crippen LogP contribution in [-0.2, 0) is 9.59 Å². The molecule has 0 spiro atoms. The van der Waals surface area contributed by atoms with Crippen LogP contribution in [0.5, 0.6) is 0 Å². The second-order valence-electron chi connectivity index (χ2n) is 4.99. The van der Waals surface area contributed by atoms with Crippen LogP contribution in [0.3, 0.4) is 0 Å². The summed E-state index contributed by atoms with van der Waals surface area (Å²) in [6, 6.07) is 0. The highest BCUT2D eigenvalue weighted by atomic mass is 16.2. The first-order valence-corrected chi connectivity index (χ1v) is 6.42. The zero-order chi connectivity index (χ0) is 12.3. The molecule has 2 fully saturated rings. The Morgan fingerprint density at radius 1 is 1.24 bits per heavy atom. The summed E-state index contributed by atoms with van der Waals surface area (Å²) < 4.78 is 0. The zero-order valence-corrected chi connectivity index (χ0v) is 10.4. The zero-order valence-electron chi connectivity index (χ0n) is 10.4. The first kappa shape index (κ1) is 12.4. The van der Waals surface area contributed by atoms with Crippen LogP contribution in [0, 0.1) is 5.92 Å². The molecule has 1 N–H and O–H groups in total. The van der Waals surface area contributed by atoms with Crippen molar-refractivity contribution >= 4 is 11.8 Å². The summed E-state index contributed by atoms with van der Waals surface area (Å²) in [7, 11) is 1.72. The average Bonchev–Trinajstić information content (AvgIpc) is 2.27. The SMILES string of the molecule is CN(CC(=O)N1CCCCC1)C(=O)C1CNC1. The normalized spacial score (nSPS) is 20.9. The van der Waals surface area contributed by atoms with E-state index in [1.54, 1.807) is 11.9 Å². The molecule has 0 aromatic heterocycles. The van der Waals surface area contributed by atoms with Crippen molar-refractivity contribution in [3.8, 4) is 0 Å². The van der Waals surface area contributed by atoms with Crippen LogP contribution in [0.2, 0.25) is 0 Å². The molecule has 96 valence electrons. The first-order chi connectivity index (χ1) is 8.18. The number of hydrogen-bond donors (Lipinski definition) is 1. The summed E-state index contributed by atoms with van der Waals surface area (Å²) in [6.07, 6.45) is 3.40. The van der Waals surface area contributed by atoms with Crippen molar-refractivity contribution in [3.05, 3.63) is 0 Å². The number of hydrogen-bond acceptors (Lipinski definition) is 3. The number of likely N-dealkylation sites (tertiary alicyclic amines) is 1. The maximum atomic E-state index is 12.0. The van der Waals surface area contributed by atoms with E-state index in [4.69, 9.17) is 0 Å². The van der Waals surface area contributed by atoms with Gasteiger partial charge in [0.1, 0.15) is 0 Å². The minimum absolute atomic E-state index is 0.0779. The predicted molar refractivity (Wildman–Crippen MR) is 64.4 cm³/mol. The van der Waals surface area contributed by atoms with Crippen LogP contribution in [0.25, 0.3) is 0 Å². The van der Waals surface area contributed by atoms with Gasteiger partial charge in [0.25, 0.3) is 0 Å². The van der Waals surface area contributed by atoms with Crippen molar-refractivity contribution in [3.63, 3.8) is 0 Å². The van der Waals surface area contributed by atoms with E-state index in [0.29, 0.717) is 0 Å². The maximum Gasteiger partial charge on any atom is 0.242 e. The molecule has 0 aromatic rings. The van der Waals surface area contributed by atoms with Gasteiger partial charge in [-0.2, -0.15) is 0 Å². The van der Waals surface area contributed by atoms with Crippen molar-refractivity contribution < 1.29 is 9.59 Å². The molecule has 2 heterocycles. The molecule has 2 amide bonds. The molecule has 2 saturated heterocycles. The fraction of sp³-hybridized carbons (Fsp3) is 0.833. The van der Waals surface area contributed by atoms with Crippen LogP contribution in [0.4, 0.5) is 0 Å². The maximum absolute atomic E-state index is 12.0. The Kier molecular flexibility index (Phi) is 3.99. The van der Waals surface area contributed by atoms with E-state index in [9.17, 15) is 9.59 Å². The molecule has 0 atom stereocenters. The number of nitrogens with one attached hydrogen (secondary N) is 1. The van der Waals surface area contributed by atoms with Crippen molar-refractivity contribution in [2.45, 2.75) is 19.3 Å². The van der Waals surface area contributed by atoms with Crippen LogP contribution < -0.4 is 5.32 Å². The summed E-state index contributed by atoms with van der Waals surface area (Å²) in [5.41, 5.74) is 0. The minimum atomic E-state index is 0.0779. The highest BCUT2D eigenvalue weighted by Crippen LogP contribution is 2.10. The van der Waals surface area contributed by atoms with Gasteiger partial charge in [0.05, 0.1) is 12.5 Å². The molecule has 0 aromatic carbocycles. The summed E-state index contributed by atoms with van der Waals surface area (Å²) in [4.78, 5) is 27.3. The minimum Gasteiger partial charge on any atom is -0.341 e. The highest BCUT2D eigenvalue weighted by molar-refractivity contribution is 5.86. The number of amides is 2. The lowest BCUT2D eigenvalue weighted by Gasteiger charge is -2.32. The molecule has 5 heteroatoms. The molecule has 2 rings (SSSR count). The monoisotopic (exact) mass is 239 g/mol. The summed E-state index contributed by atoms with van der Waals surface area (Å²) in [5.74, 6) is 0.260. The molecule has 17 heavy (non-hydrogen) atoms. The average molecular weight is 239 g/mol. The van der Waals surface area contributed by atoms with E-state index in [1.807, 2.05) is 4.90 Å². The lowest BCUT2D eigenvalue weighted by Crippen LogP contribution is -2.53. The molecule has 2 aliphatic rings. The number of piperidine rings is 1. The second kappa shape index (κ2) is 5.49. The van der Waals surface area contributed by atoms with E-state index in [-0.39, 0.29) is 24.3 Å². The molecule has 0 unspecified atom stereocenters. The molecule has 0 bridgehead atoms. The van der Waals surface area contributed by atoms with Gasteiger partial charge in [-0.3, -0.25) is 9.59 Å². The smallest absolute Gasteiger partial charge is 0.242 e. The standard InChI is InChI=1S/C12H21N3O2/c1-14(12(17)10-7-13-8-10)9-11(16)15-5-3-2-4-6-15/h10,13H,2-9H2,1H3. The third-order valence-electron chi connectivity index (χ3n) is 3.59. The fourth-order valence-electron chi connectivity index (χ4n) is 2.30. The summed E-state index contributed by atoms with van der Waals surface area (Å²) in [5, 5.41) is 3.07. The molecule has 0 saturated carbocycles. The van der Waals surface area contributed by atoms with Gasteiger partial charge in [-0.25, -0.2) is 0 Å². The Bertz CT molecular complexity index is 296. The molecule has 5 nitrogen and oxygen atoms in total. The first-order valence-electron chi connectivity index (χ1n) is 6.42. The van der Waals surface area contributed by atoms with Gasteiger partial charge >= 0.3 is 0 Å². The summed E-state index contributed by atoms with van der Waals surface area (Å²) in [6.45, 7) is 3.44. The van der Waals surface area contributed by atoms with Gasteiger partial charge < -0.3 is 15.1 Å². The number of rotatable bonds is 3. The predicted octanol–water partition coefficient (Wildman–Crippen LogP) is -0.323. The second-order valence-corrected chi connectivity index (χ2v) is 4.99. The van der Waals surface area contributed by atoms with E-state index < -0.39 is 0 Å². The Balaban J connectivity index is 1.78. The Morgan fingerprint density at radius 2 is 1.88 bits per heavy atom. The molecular formula is C12H21N3O2. The fourth-order valence-corrected chi connectivity index (χ4v) is 2.30. The highest BCUT2D eigenvalue weighted by Gasteiger charge is 2.29. The third-order valence-corrected chi connectivity index (χ3v) is 3.59. The van der Waals surface area contributed by atoms with Crippen molar-refractivity contribution in [2.24, 2.45) is 5.92 Å². The van der Waals surface area contributed by atoms with Crippen molar-refractivity contribution in [2.75, 3.05) is 39.8 Å². The number of nitrogens with zero attached hydrogens (tertiary/aromatic N) is 2. The van der Waals surface area contributed by atoms with Crippen molar-refractivity contribution in [1.82, 2.24) is 15.1 Å².